The Morgan fingerprint density at radius 1 is 0.486 bits per heavy atom. The van der Waals surface area contributed by atoms with Gasteiger partial charge in [0.15, 0.2) is 0 Å². The summed E-state index contributed by atoms with van der Waals surface area (Å²) in [5, 5.41) is 0. The van der Waals surface area contributed by atoms with Crippen LogP contribution in [0.15, 0.2) is 70.0 Å². The third-order valence-corrected chi connectivity index (χ3v) is 7.36. The molecule has 0 aliphatic rings. The van der Waals surface area contributed by atoms with Crippen molar-refractivity contribution >= 4 is 44.6 Å². The predicted molar refractivity (Wildman–Crippen MR) is 167 cm³/mol. The van der Waals surface area contributed by atoms with E-state index in [9.17, 15) is 0 Å². The normalized spacial score (nSPS) is 12.5. The number of hydrogen-bond acceptors (Lipinski definition) is 2. The Kier molecular flexibility index (Phi) is 18.7. The minimum atomic E-state index is -1.49. The van der Waals surface area contributed by atoms with Crippen LogP contribution in [0.4, 0.5) is 0 Å². The zero-order valence-electron chi connectivity index (χ0n) is 24.9. The molecule has 2 aromatic carbocycles. The second kappa shape index (κ2) is 17.0. The Balaban J connectivity index is -0.000000578. The van der Waals surface area contributed by atoms with Crippen molar-refractivity contribution in [3.63, 3.8) is 0 Å². The Morgan fingerprint density at radius 3 is 0.919 bits per heavy atom. The first kappa shape index (κ1) is 40.7. The Morgan fingerprint density at radius 2 is 0.730 bits per heavy atom. The summed E-state index contributed by atoms with van der Waals surface area (Å²) >= 11 is 0. The Hall–Kier alpha value is -0.781. The van der Waals surface area contributed by atoms with Crippen molar-refractivity contribution in [2.45, 2.75) is 78.6 Å². The Bertz CT molecular complexity index is 870. The summed E-state index contributed by atoms with van der Waals surface area (Å²) in [5.41, 5.74) is 2.30. The first-order valence-corrected chi connectivity index (χ1v) is 25.9. The van der Waals surface area contributed by atoms with Gasteiger partial charge in [0.1, 0.15) is 0 Å². The van der Waals surface area contributed by atoms with Gasteiger partial charge in [-0.1, -0.05) is 151 Å². The Labute approximate surface area is 254 Å². The molecular weight excluding hydrogens is 751 g/mol. The summed E-state index contributed by atoms with van der Waals surface area (Å²) in [7, 11) is -5.95. The molecule has 0 bridgehead atoms. The fourth-order valence-corrected chi connectivity index (χ4v) is 6.21. The van der Waals surface area contributed by atoms with Crippen molar-refractivity contribution in [1.82, 2.24) is 0 Å². The van der Waals surface area contributed by atoms with E-state index < -0.39 is 32.9 Å². The first-order valence-electron chi connectivity index (χ1n) is 12.1. The van der Waals surface area contributed by atoms with Crippen LogP contribution in [0.25, 0.3) is 9.96 Å². The van der Waals surface area contributed by atoms with Crippen LogP contribution in [-0.2, 0) is 11.0 Å². The molecule has 37 heavy (non-hydrogen) atoms. The second-order valence-electron chi connectivity index (χ2n) is 12.5. The summed E-state index contributed by atoms with van der Waals surface area (Å²) in [6, 6.07) is 20.7. The molecule has 0 aliphatic carbocycles. The van der Waals surface area contributed by atoms with Gasteiger partial charge in [0.2, 0.25) is 0 Å². The van der Waals surface area contributed by atoms with E-state index in [4.69, 9.17) is 19.3 Å². The first-order chi connectivity index (χ1) is 15.3. The number of amidine groups is 2. The molecule has 0 atom stereocenters. The second-order valence-corrected chi connectivity index (χ2v) is 30.8. The van der Waals surface area contributed by atoms with Gasteiger partial charge in [0, 0.05) is 64.1 Å². The van der Waals surface area contributed by atoms with Crippen LogP contribution in [-0.4, -0.2) is 44.6 Å². The van der Waals surface area contributed by atoms with E-state index in [0.717, 1.165) is 22.8 Å². The van der Waals surface area contributed by atoms with Crippen LogP contribution in [0.2, 0.25) is 78.6 Å². The van der Waals surface area contributed by atoms with Crippen LogP contribution in [0.1, 0.15) is 11.1 Å². The molecule has 0 saturated heterocycles. The molecule has 0 spiro atoms. The van der Waals surface area contributed by atoms with Crippen LogP contribution < -0.4 is 0 Å². The summed E-state index contributed by atoms with van der Waals surface area (Å²) in [6.45, 7) is 26.9. The molecule has 208 valence electrons. The maximum Gasteiger partial charge on any atom is 0.0438 e. The van der Waals surface area contributed by atoms with Crippen LogP contribution in [0.3, 0.4) is 0 Å². The van der Waals surface area contributed by atoms with E-state index in [1.54, 1.807) is 0 Å². The largest absolute Gasteiger partial charge is 2.00 e. The number of benzene rings is 2. The van der Waals surface area contributed by atoms with E-state index in [1.165, 1.54) is 0 Å². The van der Waals surface area contributed by atoms with Crippen molar-refractivity contribution in [1.29, 1.82) is 0 Å². The van der Waals surface area contributed by atoms with Crippen molar-refractivity contribution < 1.29 is 42.1 Å². The van der Waals surface area contributed by atoms with Crippen LogP contribution >= 0.6 is 0 Å². The maximum atomic E-state index is 4.89. The topological polar surface area (TPSA) is 110 Å². The van der Waals surface area contributed by atoms with Gasteiger partial charge < -0.3 is 30.2 Å². The third-order valence-electron chi connectivity index (χ3n) is 3.83. The predicted octanol–water partition coefficient (Wildman–Crippen LogP) is 8.72. The number of hydrogen-bond donors (Lipinski definition) is 0. The molecule has 2 aromatic rings. The van der Waals surface area contributed by atoms with E-state index in [1.807, 2.05) is 12.1 Å². The molecule has 0 unspecified atom stereocenters. The molecule has 0 aromatic heterocycles. The minimum absolute atomic E-state index is 0. The van der Waals surface area contributed by atoms with Gasteiger partial charge in [-0.15, -0.1) is 0 Å². The molecule has 0 amide bonds. The molecule has 0 fully saturated rings. The molecule has 0 heterocycles. The monoisotopic (exact) mass is 796 g/mol. The molecule has 0 saturated carbocycles. The van der Waals surface area contributed by atoms with E-state index >= 15 is 0 Å². The fourth-order valence-electron chi connectivity index (χ4n) is 2.75. The SMILES string of the molecule is C[Si](C)(C)/N=C(/[N-][Si](C)(C)C)c1ccccc1.C[Si](C)(C)/N=C(/[N-][Si](C)(C)C)c1ccccc1.[O-2].[O-2].[U]. The van der Waals surface area contributed by atoms with Crippen LogP contribution in [0, 0.1) is 31.1 Å². The number of rotatable bonds is 6. The smallest absolute Gasteiger partial charge is 0.0438 e. The van der Waals surface area contributed by atoms with E-state index in [-0.39, 0.29) is 42.1 Å². The van der Waals surface area contributed by atoms with Crippen molar-refractivity contribution in [2.75, 3.05) is 0 Å². The van der Waals surface area contributed by atoms with Crippen molar-refractivity contribution in [3.8, 4) is 0 Å². The summed E-state index contributed by atoms with van der Waals surface area (Å²) < 4.78 is 9.78. The molecular formula is C26H46N4O2Si4U-6. The van der Waals surface area contributed by atoms with Gasteiger partial charge in [-0.2, -0.15) is 0 Å². The third kappa shape index (κ3) is 20.8. The van der Waals surface area contributed by atoms with Gasteiger partial charge >= 0.3 is 0 Å². The van der Waals surface area contributed by atoms with Crippen molar-refractivity contribution in [3.05, 3.63) is 81.8 Å². The van der Waals surface area contributed by atoms with Crippen LogP contribution in [0.5, 0.6) is 0 Å². The molecule has 2 rings (SSSR count). The zero-order chi connectivity index (χ0) is 26.2. The molecule has 6 nitrogen and oxygen atoms in total. The average Bonchev–Trinajstić information content (AvgIpc) is 2.64. The average molecular weight is 797 g/mol. The van der Waals surface area contributed by atoms with Crippen molar-refractivity contribution in [2.24, 2.45) is 9.32 Å². The van der Waals surface area contributed by atoms with Gasteiger partial charge in [0.05, 0.1) is 0 Å². The quantitative estimate of drug-likeness (QED) is 0.158. The molecule has 0 radical (unpaired) electrons. The maximum absolute atomic E-state index is 4.89. The van der Waals surface area contributed by atoms with E-state index in [2.05, 4.69) is 127 Å². The van der Waals surface area contributed by atoms with Gasteiger partial charge in [-0.3, -0.25) is 0 Å². The van der Waals surface area contributed by atoms with Gasteiger partial charge in [-0.05, 0) is 11.1 Å². The molecule has 0 N–H and O–H groups in total. The zero-order valence-corrected chi connectivity index (χ0v) is 33.0. The van der Waals surface area contributed by atoms with E-state index in [0.29, 0.717) is 0 Å². The fraction of sp³-hybridized carbons (Fsp3) is 0.462. The molecule has 0 aliphatic heterocycles. The number of nitrogens with zero attached hydrogens (tertiary/aromatic N) is 4. The molecule has 11 heteroatoms. The van der Waals surface area contributed by atoms with Gasteiger partial charge in [-0.25, -0.2) is 0 Å². The van der Waals surface area contributed by atoms with Gasteiger partial charge in [0.25, 0.3) is 0 Å². The summed E-state index contributed by atoms with van der Waals surface area (Å²) in [6.07, 6.45) is 0. The minimum Gasteiger partial charge on any atom is -2.00 e. The summed E-state index contributed by atoms with van der Waals surface area (Å²) in [5.74, 6) is 1.92. The summed E-state index contributed by atoms with van der Waals surface area (Å²) in [4.78, 5) is 9.78. The standard InChI is InChI=1S/2C13H23N2Si2.2O.U/c2*1-16(2,3)14-13(15-17(4,5)6)12-10-8-7-9-11-12;;;/h2*7-11H,1-6H3;;;/q2*-1;2*-2;.